The standard InChI is InChI=1S/C14H11F3N4O2S2/c15-14(16,17)10-5-11(22)19-8-3-1-2-4-9(8)21(10)12(23)6-24-13-20-18-7-25-13/h1-4,7,10H,5-6H2,(H,19,22)/t10-/m0/s1. The fourth-order valence-electron chi connectivity index (χ4n) is 2.41. The second-order valence-electron chi connectivity index (χ2n) is 5.08. The number of carbonyl (C=O) groups is 2. The Labute approximate surface area is 148 Å². The summed E-state index contributed by atoms with van der Waals surface area (Å²) in [5.74, 6) is -1.79. The smallest absolute Gasteiger partial charge is 0.324 e. The van der Waals surface area contributed by atoms with Crippen LogP contribution in [-0.2, 0) is 9.59 Å². The number of fused-ring (bicyclic) bond motifs is 1. The van der Waals surface area contributed by atoms with E-state index in [0.717, 1.165) is 11.8 Å². The third-order valence-corrected chi connectivity index (χ3v) is 5.28. The largest absolute Gasteiger partial charge is 0.409 e. The molecule has 2 aromatic rings. The van der Waals surface area contributed by atoms with Gasteiger partial charge in [0, 0.05) is 0 Å². The van der Waals surface area contributed by atoms with Crippen molar-refractivity contribution in [2.24, 2.45) is 0 Å². The SMILES string of the molecule is O=C1C[C@@H](C(F)(F)F)N(C(=O)CSc2nncs2)c2ccccc2N1. The monoisotopic (exact) mass is 388 g/mol. The van der Waals surface area contributed by atoms with Crippen LogP contribution in [0.25, 0.3) is 0 Å². The van der Waals surface area contributed by atoms with E-state index in [9.17, 15) is 22.8 Å². The third-order valence-electron chi connectivity index (χ3n) is 3.43. The van der Waals surface area contributed by atoms with Crippen LogP contribution in [0.4, 0.5) is 24.5 Å². The first kappa shape index (κ1) is 17.7. The molecule has 1 N–H and O–H groups in total. The molecule has 132 valence electrons. The van der Waals surface area contributed by atoms with E-state index in [1.54, 1.807) is 6.07 Å². The van der Waals surface area contributed by atoms with Crippen molar-refractivity contribution in [3.63, 3.8) is 0 Å². The number of amides is 2. The molecule has 1 aromatic carbocycles. The number of anilines is 2. The molecule has 1 aromatic heterocycles. The van der Waals surface area contributed by atoms with Crippen molar-refractivity contribution in [2.75, 3.05) is 16.0 Å². The van der Waals surface area contributed by atoms with Gasteiger partial charge >= 0.3 is 6.18 Å². The maximum atomic E-state index is 13.5. The average Bonchev–Trinajstić information content (AvgIpc) is 3.00. The maximum absolute atomic E-state index is 13.5. The Morgan fingerprint density at radius 1 is 1.40 bits per heavy atom. The highest BCUT2D eigenvalue weighted by molar-refractivity contribution is 8.01. The van der Waals surface area contributed by atoms with E-state index in [-0.39, 0.29) is 17.1 Å². The van der Waals surface area contributed by atoms with Crippen molar-refractivity contribution in [3.8, 4) is 0 Å². The van der Waals surface area contributed by atoms with Gasteiger partial charge in [-0.05, 0) is 12.1 Å². The summed E-state index contributed by atoms with van der Waals surface area (Å²) >= 11 is 2.19. The van der Waals surface area contributed by atoms with Gasteiger partial charge in [0.25, 0.3) is 0 Å². The summed E-state index contributed by atoms with van der Waals surface area (Å²) in [5.41, 5.74) is 1.67. The number of hydrogen-bond donors (Lipinski definition) is 1. The first-order valence-corrected chi connectivity index (χ1v) is 8.89. The Morgan fingerprint density at radius 3 is 2.84 bits per heavy atom. The number of nitrogens with one attached hydrogen (secondary N) is 1. The van der Waals surface area contributed by atoms with Gasteiger partial charge in [-0.15, -0.1) is 10.2 Å². The number of nitrogens with zero attached hydrogens (tertiary/aromatic N) is 3. The highest BCUT2D eigenvalue weighted by Crippen LogP contribution is 2.38. The molecule has 2 amide bonds. The molecule has 3 rings (SSSR count). The Balaban J connectivity index is 1.95. The molecule has 2 heterocycles. The van der Waals surface area contributed by atoms with Gasteiger partial charge in [-0.2, -0.15) is 13.2 Å². The first-order valence-electron chi connectivity index (χ1n) is 7.03. The lowest BCUT2D eigenvalue weighted by Crippen LogP contribution is -2.50. The summed E-state index contributed by atoms with van der Waals surface area (Å²) < 4.78 is 41.0. The number of aromatic nitrogens is 2. The van der Waals surface area contributed by atoms with Crippen molar-refractivity contribution in [1.29, 1.82) is 0 Å². The van der Waals surface area contributed by atoms with Crippen LogP contribution in [0.5, 0.6) is 0 Å². The molecular formula is C14H11F3N4O2S2. The summed E-state index contributed by atoms with van der Waals surface area (Å²) in [6, 6.07) is 3.71. The molecule has 0 saturated carbocycles. The van der Waals surface area contributed by atoms with Gasteiger partial charge < -0.3 is 5.32 Å². The Bertz CT molecular complexity index is 783. The molecule has 0 fully saturated rings. The second-order valence-corrected chi connectivity index (χ2v) is 7.14. The average molecular weight is 388 g/mol. The first-order chi connectivity index (χ1) is 11.9. The zero-order chi connectivity index (χ0) is 18.0. The molecule has 1 atom stereocenters. The summed E-state index contributed by atoms with van der Waals surface area (Å²) in [6.07, 6.45) is -5.59. The van der Waals surface area contributed by atoms with E-state index in [4.69, 9.17) is 0 Å². The van der Waals surface area contributed by atoms with Gasteiger partial charge in [0.1, 0.15) is 11.6 Å². The van der Waals surface area contributed by atoms with Crippen LogP contribution in [0.3, 0.4) is 0 Å². The summed E-state index contributed by atoms with van der Waals surface area (Å²) in [6.45, 7) is 0. The number of halogens is 3. The van der Waals surface area contributed by atoms with Crippen LogP contribution in [-0.4, -0.2) is 40.0 Å². The second kappa shape index (κ2) is 7.00. The Morgan fingerprint density at radius 2 is 2.16 bits per heavy atom. The highest BCUT2D eigenvalue weighted by Gasteiger charge is 2.48. The number of benzene rings is 1. The lowest BCUT2D eigenvalue weighted by molar-refractivity contribution is -0.157. The molecule has 0 aliphatic carbocycles. The lowest BCUT2D eigenvalue weighted by Gasteiger charge is -2.31. The van der Waals surface area contributed by atoms with E-state index in [1.165, 1.54) is 35.0 Å². The van der Waals surface area contributed by atoms with Gasteiger partial charge in [-0.25, -0.2) is 0 Å². The van der Waals surface area contributed by atoms with Crippen LogP contribution in [0.2, 0.25) is 0 Å². The number of rotatable bonds is 3. The highest BCUT2D eigenvalue weighted by atomic mass is 32.2. The molecule has 1 aliphatic rings. The normalized spacial score (nSPS) is 17.6. The van der Waals surface area contributed by atoms with Crippen LogP contribution in [0.1, 0.15) is 6.42 Å². The van der Waals surface area contributed by atoms with Crippen molar-refractivity contribution in [3.05, 3.63) is 29.8 Å². The molecule has 6 nitrogen and oxygen atoms in total. The topological polar surface area (TPSA) is 75.2 Å². The molecule has 0 unspecified atom stereocenters. The quantitative estimate of drug-likeness (QED) is 0.819. The number of alkyl halides is 3. The minimum Gasteiger partial charge on any atom is -0.324 e. The predicted molar refractivity (Wildman–Crippen MR) is 87.7 cm³/mol. The van der Waals surface area contributed by atoms with Crippen molar-refractivity contribution in [2.45, 2.75) is 23.0 Å². The number of carbonyl (C=O) groups excluding carboxylic acids is 2. The molecule has 0 spiro atoms. The number of hydrogen-bond acceptors (Lipinski definition) is 6. The van der Waals surface area contributed by atoms with Gasteiger partial charge in [0.15, 0.2) is 4.34 Å². The number of para-hydroxylation sites is 2. The van der Waals surface area contributed by atoms with Gasteiger partial charge in [-0.1, -0.05) is 35.2 Å². The number of thioether (sulfide) groups is 1. The van der Waals surface area contributed by atoms with E-state index < -0.39 is 30.5 Å². The molecule has 0 bridgehead atoms. The fourth-order valence-corrected chi connectivity index (χ4v) is 3.76. The van der Waals surface area contributed by atoms with E-state index in [0.29, 0.717) is 9.24 Å². The van der Waals surface area contributed by atoms with Crippen LogP contribution < -0.4 is 10.2 Å². The maximum Gasteiger partial charge on any atom is 0.409 e. The van der Waals surface area contributed by atoms with Crippen molar-refractivity contribution >= 4 is 46.3 Å². The van der Waals surface area contributed by atoms with Crippen LogP contribution in [0.15, 0.2) is 34.1 Å². The van der Waals surface area contributed by atoms with Crippen LogP contribution >= 0.6 is 23.1 Å². The third kappa shape index (κ3) is 3.93. The molecule has 0 radical (unpaired) electrons. The predicted octanol–water partition coefficient (Wildman–Crippen LogP) is 2.94. The molecule has 25 heavy (non-hydrogen) atoms. The summed E-state index contributed by atoms with van der Waals surface area (Å²) in [7, 11) is 0. The van der Waals surface area contributed by atoms with Crippen LogP contribution in [0, 0.1) is 0 Å². The lowest BCUT2D eigenvalue weighted by atomic mass is 10.1. The van der Waals surface area contributed by atoms with Crippen molar-refractivity contribution in [1.82, 2.24) is 10.2 Å². The van der Waals surface area contributed by atoms with E-state index in [2.05, 4.69) is 15.5 Å². The van der Waals surface area contributed by atoms with Crippen molar-refractivity contribution < 1.29 is 22.8 Å². The molecule has 11 heteroatoms. The molecule has 0 saturated heterocycles. The van der Waals surface area contributed by atoms with Gasteiger partial charge in [0.2, 0.25) is 11.8 Å². The molecular weight excluding hydrogens is 377 g/mol. The summed E-state index contributed by atoms with van der Waals surface area (Å²) in [4.78, 5) is 25.1. The molecule has 1 aliphatic heterocycles. The van der Waals surface area contributed by atoms with Gasteiger partial charge in [-0.3, -0.25) is 14.5 Å². The van der Waals surface area contributed by atoms with E-state index >= 15 is 0 Å². The van der Waals surface area contributed by atoms with E-state index in [1.807, 2.05) is 0 Å². The fraction of sp³-hybridized carbons (Fsp3) is 0.286. The summed E-state index contributed by atoms with van der Waals surface area (Å²) in [5, 5.41) is 9.78. The minimum atomic E-state index is -4.74. The zero-order valence-electron chi connectivity index (χ0n) is 12.5. The zero-order valence-corrected chi connectivity index (χ0v) is 14.1. The Hall–Kier alpha value is -2.14. The minimum absolute atomic E-state index is 0.0264. The van der Waals surface area contributed by atoms with Gasteiger partial charge in [0.05, 0.1) is 23.5 Å². The Kier molecular flexibility index (Phi) is 4.95.